The average molecular weight is 266 g/mol. The van der Waals surface area contributed by atoms with Gasteiger partial charge in [0, 0.05) is 18.0 Å². The zero-order valence-electron chi connectivity index (χ0n) is 12.0. The fourth-order valence-electron chi connectivity index (χ4n) is 2.27. The molecule has 0 unspecified atom stereocenters. The molecule has 0 radical (unpaired) electrons. The number of aromatic nitrogens is 3. The second kappa shape index (κ2) is 4.34. The highest BCUT2D eigenvalue weighted by molar-refractivity contribution is 5.75. The topological polar surface area (TPSA) is 56.2 Å². The molecule has 3 aromatic rings. The highest BCUT2D eigenvalue weighted by Crippen LogP contribution is 2.27. The number of nitrogen functional groups attached to an aromatic ring is 1. The Morgan fingerprint density at radius 2 is 1.80 bits per heavy atom. The fraction of sp³-hybridized carbons (Fsp3) is 0.250. The van der Waals surface area contributed by atoms with Gasteiger partial charge in [0.2, 0.25) is 0 Å². The van der Waals surface area contributed by atoms with E-state index in [0.29, 0.717) is 5.82 Å². The second-order valence-electron chi connectivity index (χ2n) is 6.00. The third-order valence-corrected chi connectivity index (χ3v) is 3.42. The van der Waals surface area contributed by atoms with Gasteiger partial charge < -0.3 is 10.1 Å². The summed E-state index contributed by atoms with van der Waals surface area (Å²) in [6.45, 7) is 6.61. The molecule has 4 heteroatoms. The lowest BCUT2D eigenvalue weighted by atomic mass is 9.86. The van der Waals surface area contributed by atoms with E-state index in [1.54, 1.807) is 12.4 Å². The van der Waals surface area contributed by atoms with Gasteiger partial charge in [0.05, 0.1) is 6.20 Å². The van der Waals surface area contributed by atoms with Crippen molar-refractivity contribution in [3.63, 3.8) is 0 Å². The van der Waals surface area contributed by atoms with E-state index in [1.165, 1.54) is 5.56 Å². The molecule has 0 aliphatic carbocycles. The summed E-state index contributed by atoms with van der Waals surface area (Å²) in [4.78, 5) is 8.78. The van der Waals surface area contributed by atoms with Crippen molar-refractivity contribution in [3.05, 3.63) is 48.4 Å². The standard InChI is InChI=1S/C16H18N4/c1-16(2,3)12-6-4-11(5-7-12)14-15-18-8-9-20(15)10-13(17)19-14/h4-10H,17H2,1-3H3. The molecule has 2 heterocycles. The molecular formula is C16H18N4. The van der Waals surface area contributed by atoms with Gasteiger partial charge in [0.15, 0.2) is 5.65 Å². The molecule has 2 aromatic heterocycles. The minimum Gasteiger partial charge on any atom is -0.382 e. The molecule has 4 nitrogen and oxygen atoms in total. The smallest absolute Gasteiger partial charge is 0.163 e. The van der Waals surface area contributed by atoms with Crippen molar-refractivity contribution in [3.8, 4) is 11.3 Å². The number of hydrogen-bond acceptors (Lipinski definition) is 3. The van der Waals surface area contributed by atoms with E-state index >= 15 is 0 Å². The van der Waals surface area contributed by atoms with Gasteiger partial charge in [-0.05, 0) is 11.0 Å². The fourth-order valence-corrected chi connectivity index (χ4v) is 2.27. The molecule has 3 rings (SSSR count). The molecule has 0 saturated heterocycles. The minimum atomic E-state index is 0.143. The number of rotatable bonds is 1. The quantitative estimate of drug-likeness (QED) is 0.735. The third kappa shape index (κ3) is 2.13. The van der Waals surface area contributed by atoms with E-state index in [-0.39, 0.29) is 5.41 Å². The largest absolute Gasteiger partial charge is 0.382 e. The van der Waals surface area contributed by atoms with Gasteiger partial charge in [-0.1, -0.05) is 45.0 Å². The van der Waals surface area contributed by atoms with Crippen LogP contribution in [0.3, 0.4) is 0 Å². The molecule has 0 aliphatic rings. The van der Waals surface area contributed by atoms with E-state index in [4.69, 9.17) is 5.73 Å². The molecule has 0 amide bonds. The number of imidazole rings is 1. The molecule has 1 aromatic carbocycles. The Balaban J connectivity index is 2.14. The molecule has 0 saturated carbocycles. The number of benzene rings is 1. The SMILES string of the molecule is CC(C)(C)c1ccc(-c2nc(N)cn3ccnc23)cc1. The minimum absolute atomic E-state index is 0.143. The molecule has 0 fully saturated rings. The van der Waals surface area contributed by atoms with Crippen LogP contribution < -0.4 is 5.73 Å². The van der Waals surface area contributed by atoms with Crippen LogP contribution >= 0.6 is 0 Å². The van der Waals surface area contributed by atoms with Gasteiger partial charge in [-0.3, -0.25) is 0 Å². The third-order valence-electron chi connectivity index (χ3n) is 3.42. The lowest BCUT2D eigenvalue weighted by molar-refractivity contribution is 0.590. The van der Waals surface area contributed by atoms with Crippen molar-refractivity contribution in [2.75, 3.05) is 5.73 Å². The molecule has 20 heavy (non-hydrogen) atoms. The first-order chi connectivity index (χ1) is 9.45. The second-order valence-corrected chi connectivity index (χ2v) is 6.00. The summed E-state index contributed by atoms with van der Waals surface area (Å²) in [5.41, 5.74) is 9.97. The van der Waals surface area contributed by atoms with E-state index in [2.05, 4.69) is 55.0 Å². The summed E-state index contributed by atoms with van der Waals surface area (Å²) in [6.07, 6.45) is 5.40. The zero-order chi connectivity index (χ0) is 14.3. The van der Waals surface area contributed by atoms with Crippen LogP contribution in [0, 0.1) is 0 Å². The average Bonchev–Trinajstić information content (AvgIpc) is 2.85. The van der Waals surface area contributed by atoms with Crippen molar-refractivity contribution < 1.29 is 0 Å². The Morgan fingerprint density at radius 1 is 1.10 bits per heavy atom. The van der Waals surface area contributed by atoms with Gasteiger partial charge in [-0.15, -0.1) is 0 Å². The summed E-state index contributed by atoms with van der Waals surface area (Å²) in [5.74, 6) is 0.491. The zero-order valence-corrected chi connectivity index (χ0v) is 12.0. The maximum absolute atomic E-state index is 5.86. The first-order valence-corrected chi connectivity index (χ1v) is 6.65. The van der Waals surface area contributed by atoms with Gasteiger partial charge in [0.1, 0.15) is 11.5 Å². The molecule has 2 N–H and O–H groups in total. The maximum Gasteiger partial charge on any atom is 0.163 e. The molecular weight excluding hydrogens is 248 g/mol. The highest BCUT2D eigenvalue weighted by Gasteiger charge is 2.14. The van der Waals surface area contributed by atoms with Crippen LogP contribution in [0.15, 0.2) is 42.9 Å². The number of nitrogens with two attached hydrogens (primary N) is 1. The van der Waals surface area contributed by atoms with E-state index in [9.17, 15) is 0 Å². The highest BCUT2D eigenvalue weighted by atomic mass is 15.0. The van der Waals surface area contributed by atoms with Crippen molar-refractivity contribution in [1.82, 2.24) is 14.4 Å². The Morgan fingerprint density at radius 3 is 2.45 bits per heavy atom. The van der Waals surface area contributed by atoms with Crippen LogP contribution in [0.4, 0.5) is 5.82 Å². The lowest BCUT2D eigenvalue weighted by Gasteiger charge is -2.19. The van der Waals surface area contributed by atoms with Crippen LogP contribution in [-0.2, 0) is 5.41 Å². The first kappa shape index (κ1) is 12.7. The number of fused-ring (bicyclic) bond motifs is 1. The van der Waals surface area contributed by atoms with Gasteiger partial charge in [-0.25, -0.2) is 9.97 Å². The number of nitrogens with zero attached hydrogens (tertiary/aromatic N) is 3. The maximum atomic E-state index is 5.86. The summed E-state index contributed by atoms with van der Waals surface area (Å²) in [5, 5.41) is 0. The van der Waals surface area contributed by atoms with Crippen molar-refractivity contribution >= 4 is 11.5 Å². The van der Waals surface area contributed by atoms with Gasteiger partial charge in [0.25, 0.3) is 0 Å². The van der Waals surface area contributed by atoms with E-state index in [0.717, 1.165) is 16.9 Å². The Bertz CT molecular complexity index is 748. The van der Waals surface area contributed by atoms with Crippen LogP contribution in [0.5, 0.6) is 0 Å². The van der Waals surface area contributed by atoms with E-state index in [1.807, 2.05) is 10.6 Å². The Labute approximate surface area is 118 Å². The van der Waals surface area contributed by atoms with Gasteiger partial charge in [-0.2, -0.15) is 0 Å². The van der Waals surface area contributed by atoms with E-state index < -0.39 is 0 Å². The molecule has 102 valence electrons. The normalized spacial score (nSPS) is 11.9. The monoisotopic (exact) mass is 266 g/mol. The number of hydrogen-bond donors (Lipinski definition) is 1. The Hall–Kier alpha value is -2.36. The van der Waals surface area contributed by atoms with Crippen LogP contribution in [0.2, 0.25) is 0 Å². The summed E-state index contributed by atoms with van der Waals surface area (Å²) >= 11 is 0. The van der Waals surface area contributed by atoms with Crippen molar-refractivity contribution in [2.45, 2.75) is 26.2 Å². The molecule has 0 atom stereocenters. The van der Waals surface area contributed by atoms with Crippen molar-refractivity contribution in [1.29, 1.82) is 0 Å². The number of anilines is 1. The molecule has 0 spiro atoms. The molecule has 0 bridgehead atoms. The first-order valence-electron chi connectivity index (χ1n) is 6.65. The predicted octanol–water partition coefficient (Wildman–Crippen LogP) is 3.28. The van der Waals surface area contributed by atoms with Crippen molar-refractivity contribution in [2.24, 2.45) is 0 Å². The Kier molecular flexibility index (Phi) is 2.74. The predicted molar refractivity (Wildman–Crippen MR) is 81.5 cm³/mol. The summed E-state index contributed by atoms with van der Waals surface area (Å²) in [7, 11) is 0. The van der Waals surface area contributed by atoms with Crippen LogP contribution in [0.1, 0.15) is 26.3 Å². The summed E-state index contributed by atoms with van der Waals surface area (Å²) < 4.78 is 1.90. The van der Waals surface area contributed by atoms with Crippen LogP contribution in [-0.4, -0.2) is 14.4 Å². The molecule has 0 aliphatic heterocycles. The summed E-state index contributed by atoms with van der Waals surface area (Å²) in [6, 6.07) is 8.44. The van der Waals surface area contributed by atoms with Gasteiger partial charge >= 0.3 is 0 Å². The van der Waals surface area contributed by atoms with Crippen LogP contribution in [0.25, 0.3) is 16.9 Å². The lowest BCUT2D eigenvalue weighted by Crippen LogP contribution is -2.10.